The van der Waals surface area contributed by atoms with Gasteiger partial charge in [-0.05, 0) is 12.8 Å². The summed E-state index contributed by atoms with van der Waals surface area (Å²) in [6.07, 6.45) is 42.3. The van der Waals surface area contributed by atoms with Gasteiger partial charge in [-0.2, -0.15) is 0 Å². The Morgan fingerprint density at radius 1 is 0.318 bits per heavy atom. The molecule has 2 unspecified atom stereocenters. The zero-order valence-electron chi connectivity index (χ0n) is 29.9. The summed E-state index contributed by atoms with van der Waals surface area (Å²) in [5.41, 5.74) is 0. The highest BCUT2D eigenvalue weighted by Crippen LogP contribution is 2.26. The highest BCUT2D eigenvalue weighted by Gasteiger charge is 2.32. The molecule has 0 aliphatic heterocycles. The van der Waals surface area contributed by atoms with Crippen LogP contribution in [0.2, 0.25) is 0 Å². The van der Waals surface area contributed by atoms with Gasteiger partial charge in [0.2, 0.25) is 0 Å². The lowest BCUT2D eigenvalue weighted by Crippen LogP contribution is -2.30. The van der Waals surface area contributed by atoms with Gasteiger partial charge < -0.3 is 10.2 Å². The van der Waals surface area contributed by atoms with Gasteiger partial charge in [-0.15, -0.1) is 0 Å². The molecule has 0 aliphatic carbocycles. The van der Waals surface area contributed by atoms with Gasteiger partial charge in [0.25, 0.3) is 0 Å². The topological polar surface area (TPSA) is 74.6 Å². The fourth-order valence-corrected chi connectivity index (χ4v) is 6.82. The van der Waals surface area contributed by atoms with E-state index in [9.17, 15) is 19.8 Å². The molecule has 2 atom stereocenters. The molecule has 0 spiro atoms. The normalized spacial score (nSPS) is 12.9. The third kappa shape index (κ3) is 29.6. The number of unbranched alkanes of at least 4 members (excludes halogenated alkanes) is 30. The van der Waals surface area contributed by atoms with E-state index < -0.39 is 23.8 Å². The fraction of sp³-hybridized carbons (Fsp3) is 0.950. The minimum Gasteiger partial charge on any atom is -0.481 e. The molecule has 0 rings (SSSR count). The van der Waals surface area contributed by atoms with E-state index in [2.05, 4.69) is 13.8 Å². The van der Waals surface area contributed by atoms with Crippen molar-refractivity contribution in [3.05, 3.63) is 0 Å². The van der Waals surface area contributed by atoms with Crippen molar-refractivity contribution in [3.8, 4) is 0 Å². The van der Waals surface area contributed by atoms with Crippen LogP contribution < -0.4 is 0 Å². The number of carboxylic acids is 2. The molecule has 44 heavy (non-hydrogen) atoms. The van der Waals surface area contributed by atoms with Crippen LogP contribution in [-0.2, 0) is 9.59 Å². The molecule has 0 aromatic rings. The number of hydrogen-bond acceptors (Lipinski definition) is 2. The molecule has 2 N–H and O–H groups in total. The first kappa shape index (κ1) is 42.9. The van der Waals surface area contributed by atoms with Crippen LogP contribution in [0.3, 0.4) is 0 Å². The fourth-order valence-electron chi connectivity index (χ4n) is 6.82. The van der Waals surface area contributed by atoms with Crippen LogP contribution in [0.25, 0.3) is 0 Å². The molecule has 0 aromatic carbocycles. The summed E-state index contributed by atoms with van der Waals surface area (Å²) in [6.45, 7) is 4.55. The van der Waals surface area contributed by atoms with Gasteiger partial charge in [-0.3, -0.25) is 9.59 Å². The van der Waals surface area contributed by atoms with E-state index in [0.29, 0.717) is 12.8 Å². The molecule has 4 heteroatoms. The molecule has 0 amide bonds. The Labute approximate surface area is 275 Å². The molecule has 0 aromatic heterocycles. The highest BCUT2D eigenvalue weighted by atomic mass is 16.4. The zero-order valence-corrected chi connectivity index (χ0v) is 29.9. The van der Waals surface area contributed by atoms with Gasteiger partial charge in [-0.1, -0.05) is 219 Å². The maximum Gasteiger partial charge on any atom is 0.307 e. The van der Waals surface area contributed by atoms with E-state index in [-0.39, 0.29) is 0 Å². The van der Waals surface area contributed by atoms with Crippen LogP contribution in [0.5, 0.6) is 0 Å². The smallest absolute Gasteiger partial charge is 0.307 e. The van der Waals surface area contributed by atoms with Crippen LogP contribution in [0, 0.1) is 11.8 Å². The first-order valence-corrected chi connectivity index (χ1v) is 20.0. The monoisotopic (exact) mass is 623 g/mol. The van der Waals surface area contributed by atoms with Gasteiger partial charge in [0.05, 0.1) is 11.8 Å². The molecule has 4 nitrogen and oxygen atoms in total. The van der Waals surface area contributed by atoms with Gasteiger partial charge in [-0.25, -0.2) is 0 Å². The Balaban J connectivity index is 3.75. The van der Waals surface area contributed by atoms with E-state index >= 15 is 0 Å². The van der Waals surface area contributed by atoms with Crippen LogP contribution in [0.15, 0.2) is 0 Å². The summed E-state index contributed by atoms with van der Waals surface area (Å²) < 4.78 is 0. The third-order valence-corrected chi connectivity index (χ3v) is 9.86. The summed E-state index contributed by atoms with van der Waals surface area (Å²) in [5.74, 6) is -3.32. The lowest BCUT2D eigenvalue weighted by atomic mass is 9.84. The second-order valence-corrected chi connectivity index (χ2v) is 14.1. The third-order valence-electron chi connectivity index (χ3n) is 9.86. The van der Waals surface area contributed by atoms with Crippen molar-refractivity contribution in [2.24, 2.45) is 11.8 Å². The van der Waals surface area contributed by atoms with E-state index in [1.54, 1.807) is 0 Å². The van der Waals surface area contributed by atoms with Crippen LogP contribution >= 0.6 is 0 Å². The molecule has 0 aliphatic rings. The van der Waals surface area contributed by atoms with E-state index in [4.69, 9.17) is 0 Å². The maximum absolute atomic E-state index is 11.9. The highest BCUT2D eigenvalue weighted by molar-refractivity contribution is 5.79. The van der Waals surface area contributed by atoms with E-state index in [1.807, 2.05) is 0 Å². The molecular weight excluding hydrogens is 544 g/mol. The van der Waals surface area contributed by atoms with Crippen LogP contribution in [0.1, 0.15) is 232 Å². The molecule has 0 saturated heterocycles. The molecule has 0 heterocycles. The zero-order chi connectivity index (χ0) is 32.4. The summed E-state index contributed by atoms with van der Waals surface area (Å²) in [5, 5.41) is 19.6. The van der Waals surface area contributed by atoms with Crippen molar-refractivity contribution in [1.82, 2.24) is 0 Å². The lowest BCUT2D eigenvalue weighted by molar-refractivity contribution is -0.154. The first-order valence-electron chi connectivity index (χ1n) is 20.0. The van der Waals surface area contributed by atoms with Crippen molar-refractivity contribution < 1.29 is 19.8 Å². The number of aliphatic carboxylic acids is 2. The molecule has 262 valence electrons. The lowest BCUT2D eigenvalue weighted by Gasteiger charge is -2.20. The largest absolute Gasteiger partial charge is 0.481 e. The molecule has 0 radical (unpaired) electrons. The molecule has 0 fully saturated rings. The number of carbonyl (C=O) groups is 2. The van der Waals surface area contributed by atoms with Gasteiger partial charge in [0.15, 0.2) is 0 Å². The Morgan fingerprint density at radius 2 is 0.477 bits per heavy atom. The summed E-state index contributed by atoms with van der Waals surface area (Å²) in [6, 6.07) is 0. The number of rotatable bonds is 37. The second kappa shape index (κ2) is 34.8. The van der Waals surface area contributed by atoms with Crippen molar-refractivity contribution in [1.29, 1.82) is 0 Å². The average molecular weight is 623 g/mol. The summed E-state index contributed by atoms with van der Waals surface area (Å²) >= 11 is 0. The summed E-state index contributed by atoms with van der Waals surface area (Å²) in [7, 11) is 0. The van der Waals surface area contributed by atoms with Crippen molar-refractivity contribution in [2.75, 3.05) is 0 Å². The van der Waals surface area contributed by atoms with Gasteiger partial charge >= 0.3 is 11.9 Å². The number of hydrogen-bond donors (Lipinski definition) is 2. The Bertz CT molecular complexity index is 552. The predicted molar refractivity (Wildman–Crippen MR) is 191 cm³/mol. The Morgan fingerprint density at radius 3 is 0.636 bits per heavy atom. The minimum atomic E-state index is -0.921. The van der Waals surface area contributed by atoms with Crippen molar-refractivity contribution in [2.45, 2.75) is 232 Å². The summed E-state index contributed by atoms with van der Waals surface area (Å²) in [4.78, 5) is 23.9. The Hall–Kier alpha value is -1.06. The first-order chi connectivity index (χ1) is 21.5. The predicted octanol–water partition coefficient (Wildman–Crippen LogP) is 13.7. The quantitative estimate of drug-likeness (QED) is 0.0676. The average Bonchev–Trinajstić information content (AvgIpc) is 3.00. The number of carboxylic acid groups (broad SMARTS) is 2. The maximum atomic E-state index is 11.9. The molecule has 0 saturated carbocycles. The minimum absolute atomic E-state index is 0.504. The van der Waals surface area contributed by atoms with Crippen molar-refractivity contribution >= 4 is 11.9 Å². The molecule has 0 bridgehead atoms. The Kier molecular flexibility index (Phi) is 34.0. The van der Waals surface area contributed by atoms with E-state index in [1.165, 1.54) is 167 Å². The second-order valence-electron chi connectivity index (χ2n) is 14.1. The molecular formula is C40H78O4. The van der Waals surface area contributed by atoms with Crippen LogP contribution in [-0.4, -0.2) is 22.2 Å². The van der Waals surface area contributed by atoms with Gasteiger partial charge in [0, 0.05) is 0 Å². The SMILES string of the molecule is CCCCCCCCCCCCCCCCCCC(C(=O)O)C(CCCCCCCCCCCCCCCCCC)C(=O)O. The van der Waals surface area contributed by atoms with Crippen molar-refractivity contribution in [3.63, 3.8) is 0 Å². The van der Waals surface area contributed by atoms with Gasteiger partial charge in [0.1, 0.15) is 0 Å². The van der Waals surface area contributed by atoms with Crippen LogP contribution in [0.4, 0.5) is 0 Å². The van der Waals surface area contributed by atoms with E-state index in [0.717, 1.165) is 38.5 Å². The standard InChI is InChI=1S/C40H78O4/c1-3-5-7-9-11-13-15-17-19-21-23-25-27-29-31-33-35-37(39(41)42)38(40(43)44)36-34-32-30-28-26-24-22-20-18-16-14-12-10-8-6-4-2/h37-38H,3-36H2,1-2H3,(H,41,42)(H,43,44).